The fraction of sp³-hybridized carbons (Fsp3) is 0.158. The van der Waals surface area contributed by atoms with Crippen LogP contribution in [0.1, 0.15) is 15.9 Å². The van der Waals surface area contributed by atoms with Crippen molar-refractivity contribution in [3.05, 3.63) is 69.8 Å². The zero-order valence-corrected chi connectivity index (χ0v) is 14.7. The summed E-state index contributed by atoms with van der Waals surface area (Å²) in [7, 11) is 3.25. The van der Waals surface area contributed by atoms with Gasteiger partial charge < -0.3 is 14.7 Å². The first-order chi connectivity index (χ1) is 12.8. The number of allylic oxidation sites excluding steroid dienone is 1. The second-order valence-electron chi connectivity index (χ2n) is 5.78. The maximum Gasteiger partial charge on any atom is 0.262 e. The molecule has 8 heteroatoms. The summed E-state index contributed by atoms with van der Waals surface area (Å²) in [4.78, 5) is 35.1. The van der Waals surface area contributed by atoms with Gasteiger partial charge in [-0.1, -0.05) is 18.2 Å². The summed E-state index contributed by atoms with van der Waals surface area (Å²) < 4.78 is 5.33. The van der Waals surface area contributed by atoms with E-state index in [0.717, 1.165) is 12.1 Å². The predicted molar refractivity (Wildman–Crippen MR) is 96.5 cm³/mol. The van der Waals surface area contributed by atoms with Crippen LogP contribution in [-0.4, -0.2) is 42.2 Å². The molecule has 2 aromatic rings. The van der Waals surface area contributed by atoms with Crippen LogP contribution in [-0.2, 0) is 4.79 Å². The smallest absolute Gasteiger partial charge is 0.262 e. The first-order valence-corrected chi connectivity index (χ1v) is 7.89. The lowest BCUT2D eigenvalue weighted by molar-refractivity contribution is -0.398. The largest absolute Gasteiger partial charge is 0.868 e. The van der Waals surface area contributed by atoms with E-state index in [9.17, 15) is 24.8 Å². The van der Waals surface area contributed by atoms with Crippen molar-refractivity contribution in [3.63, 3.8) is 0 Å². The lowest BCUT2D eigenvalue weighted by Gasteiger charge is -2.11. The Morgan fingerprint density at radius 2 is 1.81 bits per heavy atom. The van der Waals surface area contributed by atoms with E-state index in [-0.39, 0.29) is 18.3 Å². The molecule has 2 rings (SSSR count). The molecule has 140 valence electrons. The molecule has 0 atom stereocenters. The molecule has 0 N–H and O–H groups in total. The molecular weight excluding hydrogens is 352 g/mol. The summed E-state index contributed by atoms with van der Waals surface area (Å²) in [5, 5.41) is 22.1. The molecule has 0 saturated carbocycles. The molecule has 1 amide bonds. The number of benzene rings is 2. The van der Waals surface area contributed by atoms with E-state index in [4.69, 9.17) is 4.74 Å². The highest BCUT2D eigenvalue weighted by Crippen LogP contribution is 2.24. The van der Waals surface area contributed by atoms with Crippen molar-refractivity contribution in [1.82, 2.24) is 4.90 Å². The number of nitrogens with zero attached hydrogens (tertiary/aromatic N) is 2. The number of carbonyl (C=O) groups excluding carboxylic acids is 2. The minimum atomic E-state index is -0.763. The van der Waals surface area contributed by atoms with Crippen molar-refractivity contribution >= 4 is 23.5 Å². The number of ether oxygens (including phenoxy) is 1. The maximum atomic E-state index is 12.2. The zero-order valence-electron chi connectivity index (χ0n) is 14.7. The van der Waals surface area contributed by atoms with Crippen LogP contribution in [0.3, 0.4) is 0 Å². The molecule has 0 aliphatic rings. The number of hydrogen-bond acceptors (Lipinski definition) is 6. The van der Waals surface area contributed by atoms with Crippen LogP contribution < -0.4 is 9.84 Å². The Hall–Kier alpha value is -3.68. The zero-order chi connectivity index (χ0) is 20.0. The third-order valence-corrected chi connectivity index (χ3v) is 3.61. The van der Waals surface area contributed by atoms with Gasteiger partial charge >= 0.3 is 0 Å². The van der Waals surface area contributed by atoms with Crippen molar-refractivity contribution < 1.29 is 24.4 Å². The van der Waals surface area contributed by atoms with Gasteiger partial charge in [0.05, 0.1) is 4.92 Å². The highest BCUT2D eigenvalue weighted by molar-refractivity contribution is 6.06. The van der Waals surface area contributed by atoms with Gasteiger partial charge in [-0.05, 0) is 41.7 Å². The van der Waals surface area contributed by atoms with Crippen LogP contribution in [0.2, 0.25) is 0 Å². The van der Waals surface area contributed by atoms with Crippen LogP contribution >= 0.6 is 0 Å². The molecular formula is C19H17N2O6-. The molecule has 0 unspecified atom stereocenters. The van der Waals surface area contributed by atoms with E-state index in [1.165, 1.54) is 23.1 Å². The SMILES string of the molecule is CN(C)C(=O)COc1ccc(C(=O)/C=C/c2ccc([O-])c([N+](=O)[O-])c2)cc1. The second kappa shape index (κ2) is 8.61. The lowest BCUT2D eigenvalue weighted by Crippen LogP contribution is -2.27. The predicted octanol–water partition coefficient (Wildman–Crippen LogP) is 2.03. The van der Waals surface area contributed by atoms with E-state index >= 15 is 0 Å². The molecule has 0 heterocycles. The van der Waals surface area contributed by atoms with Crippen LogP contribution in [0.5, 0.6) is 11.5 Å². The molecule has 27 heavy (non-hydrogen) atoms. The number of likely N-dealkylation sites (N-methyl/N-ethyl adjacent to an activating group) is 1. The monoisotopic (exact) mass is 369 g/mol. The molecule has 0 bridgehead atoms. The van der Waals surface area contributed by atoms with Crippen molar-refractivity contribution in [2.45, 2.75) is 0 Å². The second-order valence-corrected chi connectivity index (χ2v) is 5.78. The molecule has 8 nitrogen and oxygen atoms in total. The van der Waals surface area contributed by atoms with E-state index < -0.39 is 16.4 Å². The average molecular weight is 369 g/mol. The number of ketones is 1. The number of nitro groups is 1. The Morgan fingerprint density at radius 1 is 1.15 bits per heavy atom. The Morgan fingerprint density at radius 3 is 2.41 bits per heavy atom. The fourth-order valence-corrected chi connectivity index (χ4v) is 2.04. The van der Waals surface area contributed by atoms with Gasteiger partial charge in [-0.2, -0.15) is 0 Å². The molecule has 0 spiro atoms. The van der Waals surface area contributed by atoms with Gasteiger partial charge in [0, 0.05) is 25.7 Å². The summed E-state index contributed by atoms with van der Waals surface area (Å²) in [5.74, 6) is -0.741. The van der Waals surface area contributed by atoms with Crippen LogP contribution in [0.15, 0.2) is 48.5 Å². The highest BCUT2D eigenvalue weighted by Gasteiger charge is 2.08. The molecule has 0 aliphatic carbocycles. The minimum Gasteiger partial charge on any atom is -0.868 e. The van der Waals surface area contributed by atoms with E-state index in [1.54, 1.807) is 38.4 Å². The number of hydrogen-bond donors (Lipinski definition) is 0. The first kappa shape index (κ1) is 19.6. The summed E-state index contributed by atoms with van der Waals surface area (Å²) in [5.41, 5.74) is 0.211. The minimum absolute atomic E-state index is 0.102. The number of carbonyl (C=O) groups is 2. The number of rotatable bonds is 7. The molecule has 0 radical (unpaired) electrons. The van der Waals surface area contributed by atoms with Gasteiger partial charge in [0.2, 0.25) is 0 Å². The topological polar surface area (TPSA) is 113 Å². The Labute approximate surface area is 155 Å². The summed E-state index contributed by atoms with van der Waals surface area (Å²) in [6.45, 7) is -0.102. The van der Waals surface area contributed by atoms with Gasteiger partial charge in [-0.15, -0.1) is 0 Å². The highest BCUT2D eigenvalue weighted by atomic mass is 16.6. The Balaban J connectivity index is 2.03. The van der Waals surface area contributed by atoms with Crippen molar-refractivity contribution in [2.75, 3.05) is 20.7 Å². The van der Waals surface area contributed by atoms with Crippen molar-refractivity contribution in [1.29, 1.82) is 0 Å². The summed E-state index contributed by atoms with van der Waals surface area (Å²) >= 11 is 0. The third kappa shape index (κ3) is 5.40. The fourth-order valence-electron chi connectivity index (χ4n) is 2.04. The van der Waals surface area contributed by atoms with Crippen LogP contribution in [0.25, 0.3) is 6.08 Å². The van der Waals surface area contributed by atoms with Gasteiger partial charge in [-0.25, -0.2) is 0 Å². The number of nitro benzene ring substituents is 1. The first-order valence-electron chi connectivity index (χ1n) is 7.89. The molecule has 0 aliphatic heterocycles. The van der Waals surface area contributed by atoms with Crippen molar-refractivity contribution in [3.8, 4) is 11.5 Å². The Kier molecular flexibility index (Phi) is 6.27. The lowest BCUT2D eigenvalue weighted by atomic mass is 10.1. The molecule has 0 saturated heterocycles. The molecule has 0 aromatic heterocycles. The van der Waals surface area contributed by atoms with Gasteiger partial charge in [0.1, 0.15) is 5.75 Å². The maximum absolute atomic E-state index is 12.2. The molecule has 0 fully saturated rings. The van der Waals surface area contributed by atoms with Gasteiger partial charge in [0.25, 0.3) is 11.6 Å². The van der Waals surface area contributed by atoms with Crippen LogP contribution in [0, 0.1) is 10.1 Å². The Bertz CT molecular complexity index is 888. The van der Waals surface area contributed by atoms with E-state index in [2.05, 4.69) is 0 Å². The average Bonchev–Trinajstić information content (AvgIpc) is 2.65. The van der Waals surface area contributed by atoms with E-state index in [1.807, 2.05) is 0 Å². The normalized spacial score (nSPS) is 10.6. The van der Waals surface area contributed by atoms with Crippen molar-refractivity contribution in [2.24, 2.45) is 0 Å². The van der Waals surface area contributed by atoms with E-state index in [0.29, 0.717) is 16.9 Å². The molecule has 2 aromatic carbocycles. The quantitative estimate of drug-likeness (QED) is 0.319. The van der Waals surface area contributed by atoms with Gasteiger partial charge in [-0.3, -0.25) is 19.7 Å². The van der Waals surface area contributed by atoms with Gasteiger partial charge in [0.15, 0.2) is 12.4 Å². The van der Waals surface area contributed by atoms with Crippen LogP contribution in [0.4, 0.5) is 5.69 Å². The number of amides is 1. The standard InChI is InChI=1S/C19H18N2O6/c1-20(2)19(24)12-27-15-7-5-14(6-8-15)17(22)9-3-13-4-10-18(23)16(11-13)21(25)26/h3-11,23H,12H2,1-2H3/p-1/b9-3+. The summed E-state index contributed by atoms with van der Waals surface area (Å²) in [6.07, 6.45) is 2.66. The summed E-state index contributed by atoms with van der Waals surface area (Å²) in [6, 6.07) is 9.84. The third-order valence-electron chi connectivity index (χ3n) is 3.61.